The number of hydrogen-bond acceptors (Lipinski definition) is 6. The van der Waals surface area contributed by atoms with Crippen molar-refractivity contribution < 1.29 is 8.83 Å². The second-order valence-electron chi connectivity index (χ2n) is 16.9. The van der Waals surface area contributed by atoms with Gasteiger partial charge in [0.15, 0.2) is 22.8 Å². The minimum Gasteiger partial charge on any atom is -0.454 e. The van der Waals surface area contributed by atoms with Crippen molar-refractivity contribution in [2.45, 2.75) is 12.8 Å². The van der Waals surface area contributed by atoms with Gasteiger partial charge in [-0.15, -0.1) is 0 Å². The predicted molar refractivity (Wildman–Crippen MR) is 266 cm³/mol. The summed E-state index contributed by atoms with van der Waals surface area (Å²) in [5, 5.41) is 8.78. The summed E-state index contributed by atoms with van der Waals surface area (Å²) in [6.07, 6.45) is 3.11. The summed E-state index contributed by atoms with van der Waals surface area (Å²) in [4.78, 5) is 20.8. The first-order valence-corrected chi connectivity index (χ1v) is 22.3. The zero-order chi connectivity index (χ0) is 43.3. The van der Waals surface area contributed by atoms with Gasteiger partial charge in [-0.05, 0) is 54.4 Å². The Hall–Kier alpha value is -8.88. The first kappa shape index (κ1) is 36.6. The number of para-hydroxylation sites is 4. The Morgan fingerprint density at radius 1 is 0.394 bits per heavy atom. The van der Waals surface area contributed by atoms with Crippen LogP contribution in [-0.2, 0) is 12.8 Å². The molecule has 0 saturated heterocycles. The van der Waals surface area contributed by atoms with E-state index in [0.717, 1.165) is 116 Å². The Kier molecular flexibility index (Phi) is 7.94. The van der Waals surface area contributed by atoms with Crippen molar-refractivity contribution in [2.75, 3.05) is 0 Å². The standard InChI is InChI=1S/C58H36N6O2/c1-3-15-35(16-4-1)56-60-51(61-57(62-56)36-17-5-2-6-18-36)32-27-37-33-38(63-47-23-11-7-19-39(47)43-28-30-45-41-21-9-13-25-49(41)65-54(45)52(43)63)34-59-58(37)64-48-24-12-8-20-40(48)44-29-31-46-42-22-10-14-26-50(42)66-55(46)53(44)64/h1-26,28-31,33-34H,27,32H2. The number of aromatic nitrogens is 6. The lowest BCUT2D eigenvalue weighted by Crippen LogP contribution is -2.09. The number of rotatable bonds is 7. The molecule has 6 heterocycles. The molecular formula is C58H36N6O2. The zero-order valence-electron chi connectivity index (χ0n) is 35.4. The summed E-state index contributed by atoms with van der Waals surface area (Å²) in [6, 6.07) is 65.1. The molecule has 0 spiro atoms. The number of aryl methyl sites for hydroxylation is 2. The first-order chi connectivity index (χ1) is 32.7. The second-order valence-corrected chi connectivity index (χ2v) is 16.9. The van der Waals surface area contributed by atoms with Gasteiger partial charge in [0.25, 0.3) is 0 Å². The Bertz CT molecular complexity index is 4180. The summed E-state index contributed by atoms with van der Waals surface area (Å²) in [5.41, 5.74) is 11.3. The molecule has 0 unspecified atom stereocenters. The van der Waals surface area contributed by atoms with Crippen molar-refractivity contribution in [3.05, 3.63) is 206 Å². The van der Waals surface area contributed by atoms with Crippen LogP contribution in [0, 0.1) is 0 Å². The van der Waals surface area contributed by atoms with Crippen LogP contribution in [-0.4, -0.2) is 29.1 Å². The number of hydrogen-bond donors (Lipinski definition) is 0. The Morgan fingerprint density at radius 3 is 1.44 bits per heavy atom. The molecule has 8 nitrogen and oxygen atoms in total. The van der Waals surface area contributed by atoms with Gasteiger partial charge in [-0.2, -0.15) is 0 Å². The van der Waals surface area contributed by atoms with E-state index in [1.807, 2.05) is 91.1 Å². The lowest BCUT2D eigenvalue weighted by molar-refractivity contribution is 0.670. The number of furan rings is 2. The highest BCUT2D eigenvalue weighted by molar-refractivity contribution is 6.23. The van der Waals surface area contributed by atoms with Crippen LogP contribution >= 0.6 is 0 Å². The Morgan fingerprint density at radius 2 is 0.864 bits per heavy atom. The molecule has 0 radical (unpaired) electrons. The van der Waals surface area contributed by atoms with Gasteiger partial charge < -0.3 is 13.4 Å². The van der Waals surface area contributed by atoms with Crippen molar-refractivity contribution >= 4 is 87.5 Å². The third-order valence-electron chi connectivity index (χ3n) is 13.1. The summed E-state index contributed by atoms with van der Waals surface area (Å²) >= 11 is 0. The van der Waals surface area contributed by atoms with Gasteiger partial charge >= 0.3 is 0 Å². The summed E-state index contributed by atoms with van der Waals surface area (Å²) < 4.78 is 18.2. The maximum absolute atomic E-state index is 6.79. The van der Waals surface area contributed by atoms with Crippen molar-refractivity contribution in [3.8, 4) is 34.3 Å². The molecule has 8 aromatic carbocycles. The van der Waals surface area contributed by atoms with E-state index in [2.05, 4.69) is 112 Å². The van der Waals surface area contributed by atoms with E-state index >= 15 is 0 Å². The Balaban J connectivity index is 1.03. The molecule has 0 atom stereocenters. The highest BCUT2D eigenvalue weighted by Crippen LogP contribution is 2.43. The number of fused-ring (bicyclic) bond motifs is 14. The number of benzene rings is 8. The van der Waals surface area contributed by atoms with Crippen molar-refractivity contribution in [2.24, 2.45) is 0 Å². The molecule has 0 fully saturated rings. The molecular weight excluding hydrogens is 813 g/mol. The van der Waals surface area contributed by atoms with Gasteiger partial charge in [0.05, 0.1) is 34.0 Å². The van der Waals surface area contributed by atoms with Crippen LogP contribution in [0.15, 0.2) is 203 Å². The van der Waals surface area contributed by atoms with E-state index in [1.54, 1.807) is 0 Å². The zero-order valence-corrected chi connectivity index (χ0v) is 35.4. The molecule has 66 heavy (non-hydrogen) atoms. The second kappa shape index (κ2) is 14.3. The summed E-state index contributed by atoms with van der Waals surface area (Å²) in [5.74, 6) is 2.79. The van der Waals surface area contributed by atoms with Crippen molar-refractivity contribution in [1.29, 1.82) is 0 Å². The number of pyridine rings is 1. The van der Waals surface area contributed by atoms with E-state index in [9.17, 15) is 0 Å². The third kappa shape index (κ3) is 5.51. The van der Waals surface area contributed by atoms with E-state index < -0.39 is 0 Å². The lowest BCUT2D eigenvalue weighted by Gasteiger charge is -2.16. The fraction of sp³-hybridized carbons (Fsp3) is 0.0345. The smallest absolute Gasteiger partial charge is 0.163 e. The Labute approximate surface area is 376 Å². The van der Waals surface area contributed by atoms with Crippen LogP contribution in [0.1, 0.15) is 11.4 Å². The molecule has 14 aromatic rings. The highest BCUT2D eigenvalue weighted by atomic mass is 16.3. The molecule has 0 amide bonds. The van der Waals surface area contributed by atoms with Crippen LogP contribution in [0.3, 0.4) is 0 Å². The average Bonchev–Trinajstić information content (AvgIpc) is 4.14. The number of nitrogens with zero attached hydrogens (tertiary/aromatic N) is 6. The fourth-order valence-corrected chi connectivity index (χ4v) is 10.2. The van der Waals surface area contributed by atoms with Gasteiger partial charge in [-0.3, -0.25) is 4.57 Å². The normalized spacial score (nSPS) is 12.1. The molecule has 0 aliphatic heterocycles. The first-order valence-electron chi connectivity index (χ1n) is 22.3. The van der Waals surface area contributed by atoms with E-state index in [-0.39, 0.29) is 0 Å². The van der Waals surface area contributed by atoms with Gasteiger partial charge in [-0.1, -0.05) is 146 Å². The minimum atomic E-state index is 0.526. The molecule has 310 valence electrons. The highest BCUT2D eigenvalue weighted by Gasteiger charge is 2.24. The van der Waals surface area contributed by atoms with Crippen molar-refractivity contribution in [1.82, 2.24) is 29.1 Å². The monoisotopic (exact) mass is 848 g/mol. The van der Waals surface area contributed by atoms with Gasteiger partial charge in [0.2, 0.25) is 0 Å². The quantitative estimate of drug-likeness (QED) is 0.159. The van der Waals surface area contributed by atoms with E-state index in [4.69, 9.17) is 28.8 Å². The average molecular weight is 849 g/mol. The van der Waals surface area contributed by atoms with Crippen LogP contribution in [0.5, 0.6) is 0 Å². The molecule has 6 aromatic heterocycles. The maximum atomic E-state index is 6.79. The van der Waals surface area contributed by atoms with E-state index in [0.29, 0.717) is 30.3 Å². The van der Waals surface area contributed by atoms with Crippen molar-refractivity contribution in [3.63, 3.8) is 0 Å². The molecule has 0 aliphatic rings. The summed E-state index contributed by atoms with van der Waals surface area (Å²) in [7, 11) is 0. The predicted octanol–water partition coefficient (Wildman–Crippen LogP) is 14.4. The SMILES string of the molecule is c1ccc(-c2nc(CCc3cc(-n4c5ccccc5c5ccc6c7ccccc7oc6c54)cnc3-n3c4ccccc4c4ccc5c6ccccc6oc5c43)nc(-c3ccccc3)n2)cc1. The topological polar surface area (TPSA) is 87.7 Å². The molecule has 8 heteroatoms. The van der Waals surface area contributed by atoms with Crippen LogP contribution in [0.25, 0.3) is 122 Å². The van der Waals surface area contributed by atoms with Crippen LogP contribution < -0.4 is 0 Å². The maximum Gasteiger partial charge on any atom is 0.163 e. The minimum absolute atomic E-state index is 0.526. The van der Waals surface area contributed by atoms with E-state index in [1.165, 1.54) is 0 Å². The van der Waals surface area contributed by atoms with Gasteiger partial charge in [0.1, 0.15) is 22.8 Å². The van der Waals surface area contributed by atoms with Crippen LogP contribution in [0.2, 0.25) is 0 Å². The van der Waals surface area contributed by atoms with Crippen LogP contribution in [0.4, 0.5) is 0 Å². The molecule has 0 bridgehead atoms. The molecule has 0 saturated carbocycles. The summed E-state index contributed by atoms with van der Waals surface area (Å²) in [6.45, 7) is 0. The fourth-order valence-electron chi connectivity index (χ4n) is 10.2. The molecule has 0 aliphatic carbocycles. The van der Waals surface area contributed by atoms with Gasteiger partial charge in [0, 0.05) is 60.6 Å². The van der Waals surface area contributed by atoms with Gasteiger partial charge in [-0.25, -0.2) is 19.9 Å². The lowest BCUT2D eigenvalue weighted by atomic mass is 10.1. The third-order valence-corrected chi connectivity index (χ3v) is 13.1. The largest absolute Gasteiger partial charge is 0.454 e. The molecule has 0 N–H and O–H groups in total. The molecule has 14 rings (SSSR count).